The molecule has 2 aliphatic rings. The molecule has 1 aliphatic carbocycles. The highest BCUT2D eigenvalue weighted by Gasteiger charge is 2.31. The van der Waals surface area contributed by atoms with Crippen LogP contribution in [0.15, 0.2) is 24.3 Å². The van der Waals surface area contributed by atoms with E-state index in [2.05, 4.69) is 15.0 Å². The van der Waals surface area contributed by atoms with Gasteiger partial charge in [0.15, 0.2) is 0 Å². The molecule has 4 nitrogen and oxygen atoms in total. The van der Waals surface area contributed by atoms with E-state index in [-0.39, 0.29) is 17.7 Å². The molecule has 1 heterocycles. The molecule has 1 saturated carbocycles. The topological polar surface area (TPSA) is 41.6 Å². The Kier molecular flexibility index (Phi) is 6.63. The average molecular weight is 384 g/mol. The van der Waals surface area contributed by atoms with Crippen molar-refractivity contribution in [1.29, 1.82) is 0 Å². The van der Waals surface area contributed by atoms with Gasteiger partial charge in [0.2, 0.25) is 0 Å². The van der Waals surface area contributed by atoms with Crippen LogP contribution >= 0.6 is 0 Å². The van der Waals surface area contributed by atoms with Gasteiger partial charge in [0.05, 0.1) is 0 Å². The molecule has 1 aliphatic heterocycles. The summed E-state index contributed by atoms with van der Waals surface area (Å²) in [6.07, 6.45) is 3.42. The van der Waals surface area contributed by atoms with E-state index in [0.717, 1.165) is 38.9 Å². The van der Waals surface area contributed by atoms with Crippen molar-refractivity contribution in [1.82, 2.24) is 10.2 Å². The van der Waals surface area contributed by atoms with Crippen molar-refractivity contribution in [3.8, 4) is 5.75 Å². The van der Waals surface area contributed by atoms with Crippen molar-refractivity contribution in [3.05, 3.63) is 29.8 Å². The van der Waals surface area contributed by atoms with Crippen LogP contribution in [0.1, 0.15) is 55.3 Å². The molecule has 1 amide bonds. The molecule has 0 radical (unpaired) electrons. The number of hydrogen-bond acceptors (Lipinski definition) is 3. The van der Waals surface area contributed by atoms with Crippen LogP contribution in [0, 0.1) is 5.92 Å². The highest BCUT2D eigenvalue weighted by atomic mass is 19.4. The van der Waals surface area contributed by atoms with Crippen molar-refractivity contribution < 1.29 is 22.7 Å². The number of nitrogens with one attached hydrogen (secondary N) is 1. The normalized spacial score (nSPS) is 24.4. The van der Waals surface area contributed by atoms with E-state index < -0.39 is 6.36 Å². The van der Waals surface area contributed by atoms with Gasteiger partial charge in [-0.1, -0.05) is 19.3 Å². The number of benzene rings is 1. The van der Waals surface area contributed by atoms with Gasteiger partial charge >= 0.3 is 6.36 Å². The number of rotatable bonds is 5. The predicted molar refractivity (Wildman–Crippen MR) is 96.6 cm³/mol. The van der Waals surface area contributed by atoms with E-state index in [9.17, 15) is 18.0 Å². The summed E-state index contributed by atoms with van der Waals surface area (Å²) in [5.74, 6) is -0.113. The lowest BCUT2D eigenvalue weighted by molar-refractivity contribution is -0.274. The first-order chi connectivity index (χ1) is 12.9. The van der Waals surface area contributed by atoms with Crippen molar-refractivity contribution >= 4 is 5.91 Å². The molecular formula is C20H27F3N2O2. The van der Waals surface area contributed by atoms with E-state index in [4.69, 9.17) is 0 Å². The second-order valence-electron chi connectivity index (χ2n) is 7.56. The van der Waals surface area contributed by atoms with Crippen LogP contribution in [0.2, 0.25) is 0 Å². The number of hydrogen-bond donors (Lipinski definition) is 1. The zero-order chi connectivity index (χ0) is 19.3. The molecule has 1 aromatic carbocycles. The Labute approximate surface area is 158 Å². The molecule has 0 aromatic heterocycles. The highest BCUT2D eigenvalue weighted by molar-refractivity contribution is 5.94. The molecule has 0 bridgehead atoms. The molecule has 0 spiro atoms. The van der Waals surface area contributed by atoms with Crippen molar-refractivity contribution in [2.24, 2.45) is 5.92 Å². The Morgan fingerprint density at radius 1 is 1.04 bits per heavy atom. The van der Waals surface area contributed by atoms with Crippen LogP contribution in [-0.2, 0) is 0 Å². The number of nitrogens with zero attached hydrogens (tertiary/aromatic N) is 1. The van der Waals surface area contributed by atoms with Crippen LogP contribution in [0.3, 0.4) is 0 Å². The fourth-order valence-corrected chi connectivity index (χ4v) is 4.15. The van der Waals surface area contributed by atoms with Crippen LogP contribution in [0.25, 0.3) is 0 Å². The number of halogens is 3. The lowest BCUT2D eigenvalue weighted by Crippen LogP contribution is -2.47. The largest absolute Gasteiger partial charge is 0.573 e. The number of carbonyl (C=O) groups is 1. The molecular weight excluding hydrogens is 357 g/mol. The van der Waals surface area contributed by atoms with Gasteiger partial charge in [0.25, 0.3) is 5.91 Å². The zero-order valence-electron chi connectivity index (χ0n) is 15.4. The van der Waals surface area contributed by atoms with Crippen LogP contribution in [0.5, 0.6) is 5.75 Å². The SMILES string of the molecule is O=C(N[C@@H]1CCCC[C@H]1CN1CCCCC1)c1ccc(OC(F)(F)F)cc1. The van der Waals surface area contributed by atoms with Gasteiger partial charge in [-0.15, -0.1) is 13.2 Å². The number of alkyl halides is 3. The van der Waals surface area contributed by atoms with E-state index in [1.165, 1.54) is 49.9 Å². The van der Waals surface area contributed by atoms with Crippen molar-refractivity contribution in [2.45, 2.75) is 57.3 Å². The predicted octanol–water partition coefficient (Wildman–Crippen LogP) is 4.36. The molecule has 1 saturated heterocycles. The van der Waals surface area contributed by atoms with Gasteiger partial charge in [0.1, 0.15) is 5.75 Å². The molecule has 150 valence electrons. The van der Waals surface area contributed by atoms with Gasteiger partial charge in [-0.2, -0.15) is 0 Å². The maximum absolute atomic E-state index is 12.6. The van der Waals surface area contributed by atoms with E-state index >= 15 is 0 Å². The molecule has 0 unspecified atom stereocenters. The smallest absolute Gasteiger partial charge is 0.406 e. The number of ether oxygens (including phenoxy) is 1. The minimum atomic E-state index is -4.73. The number of carbonyl (C=O) groups excluding carboxylic acids is 1. The quantitative estimate of drug-likeness (QED) is 0.820. The van der Waals surface area contributed by atoms with Gasteiger partial charge < -0.3 is 15.0 Å². The maximum Gasteiger partial charge on any atom is 0.573 e. The molecule has 27 heavy (non-hydrogen) atoms. The van der Waals surface area contributed by atoms with Gasteiger partial charge in [-0.05, 0) is 69.0 Å². The number of likely N-dealkylation sites (tertiary alicyclic amines) is 1. The van der Waals surface area contributed by atoms with Crippen molar-refractivity contribution in [3.63, 3.8) is 0 Å². The van der Waals surface area contributed by atoms with E-state index in [1.54, 1.807) is 0 Å². The van der Waals surface area contributed by atoms with E-state index in [1.807, 2.05) is 0 Å². The first-order valence-electron chi connectivity index (χ1n) is 9.80. The summed E-state index contributed by atoms with van der Waals surface area (Å²) >= 11 is 0. The summed E-state index contributed by atoms with van der Waals surface area (Å²) in [7, 11) is 0. The highest BCUT2D eigenvalue weighted by Crippen LogP contribution is 2.27. The Hall–Kier alpha value is -1.76. The summed E-state index contributed by atoms with van der Waals surface area (Å²) in [6.45, 7) is 3.29. The average Bonchev–Trinajstić information content (AvgIpc) is 2.63. The molecule has 7 heteroatoms. The fourth-order valence-electron chi connectivity index (χ4n) is 4.15. The maximum atomic E-state index is 12.6. The molecule has 1 aromatic rings. The Morgan fingerprint density at radius 3 is 2.37 bits per heavy atom. The van der Waals surface area contributed by atoms with Crippen LogP contribution in [0.4, 0.5) is 13.2 Å². The fraction of sp³-hybridized carbons (Fsp3) is 0.650. The minimum Gasteiger partial charge on any atom is -0.406 e. The third kappa shape index (κ3) is 6.13. The summed E-state index contributed by atoms with van der Waals surface area (Å²) in [4.78, 5) is 15.1. The standard InChI is InChI=1S/C20H27F3N2O2/c21-20(22,23)27-17-10-8-15(9-11-17)19(26)24-18-7-3-2-6-16(18)14-25-12-4-1-5-13-25/h8-11,16,18H,1-7,12-14H2,(H,24,26)/t16-,18+/m0/s1. The van der Waals surface area contributed by atoms with Gasteiger partial charge in [-0.3, -0.25) is 4.79 Å². The first kappa shape index (κ1) is 20.0. The molecule has 2 fully saturated rings. The van der Waals surface area contributed by atoms with E-state index in [0.29, 0.717) is 11.5 Å². The second-order valence-corrected chi connectivity index (χ2v) is 7.56. The Balaban J connectivity index is 1.57. The third-order valence-corrected chi connectivity index (χ3v) is 5.52. The van der Waals surface area contributed by atoms with Crippen LogP contribution < -0.4 is 10.1 Å². The second kappa shape index (κ2) is 8.95. The molecule has 3 rings (SSSR count). The van der Waals surface area contributed by atoms with Gasteiger partial charge in [-0.25, -0.2) is 0 Å². The third-order valence-electron chi connectivity index (χ3n) is 5.52. The molecule has 1 N–H and O–H groups in total. The van der Waals surface area contributed by atoms with Crippen LogP contribution in [-0.4, -0.2) is 42.8 Å². The number of amides is 1. The Bertz CT molecular complexity index is 613. The zero-order valence-corrected chi connectivity index (χ0v) is 15.4. The number of piperidine rings is 1. The van der Waals surface area contributed by atoms with Gasteiger partial charge in [0, 0.05) is 18.2 Å². The molecule has 2 atom stereocenters. The first-order valence-corrected chi connectivity index (χ1v) is 9.80. The summed E-state index contributed by atoms with van der Waals surface area (Å²) in [6, 6.07) is 5.22. The summed E-state index contributed by atoms with van der Waals surface area (Å²) in [5, 5.41) is 3.11. The minimum absolute atomic E-state index is 0.124. The lowest BCUT2D eigenvalue weighted by Gasteiger charge is -2.37. The Morgan fingerprint density at radius 2 is 1.70 bits per heavy atom. The summed E-state index contributed by atoms with van der Waals surface area (Å²) < 4.78 is 40.6. The monoisotopic (exact) mass is 384 g/mol. The van der Waals surface area contributed by atoms with Crippen molar-refractivity contribution in [2.75, 3.05) is 19.6 Å². The lowest BCUT2D eigenvalue weighted by atomic mass is 9.83. The summed E-state index contributed by atoms with van der Waals surface area (Å²) in [5.41, 5.74) is 0.354.